The number of carbonyl (C=O) groups is 1. The molecule has 0 saturated heterocycles. The predicted molar refractivity (Wildman–Crippen MR) is 44.9 cm³/mol. The average Bonchev–Trinajstić information content (AvgIpc) is 2.04. The zero-order valence-electron chi connectivity index (χ0n) is 7.50. The van der Waals surface area contributed by atoms with E-state index in [1.165, 1.54) is 6.07 Å². The normalized spacial score (nSPS) is 9.77. The molecule has 0 amide bonds. The van der Waals surface area contributed by atoms with Gasteiger partial charge in [0.1, 0.15) is 0 Å². The maximum atomic E-state index is 12.5. The Balaban J connectivity index is 2.95. The molecule has 1 aromatic heterocycles. The van der Waals surface area contributed by atoms with Gasteiger partial charge in [0.2, 0.25) is 5.95 Å². The molecule has 0 spiro atoms. The van der Waals surface area contributed by atoms with Gasteiger partial charge >= 0.3 is 5.97 Å². The predicted octanol–water partition coefficient (Wildman–Crippen LogP) is 1.71. The summed E-state index contributed by atoms with van der Waals surface area (Å²) in [7, 11) is 0. The second kappa shape index (κ2) is 3.98. The van der Waals surface area contributed by atoms with Crippen molar-refractivity contribution < 1.29 is 13.9 Å². The average molecular weight is 183 g/mol. The molecule has 3 nitrogen and oxygen atoms in total. The Bertz CT molecular complexity index is 325. The standard InChI is InChI=1S/C9H10FNO2/c1-3-13-9(12)7-4-5-8(10)11-6(7)2/h4-5H,3H2,1-2H3. The summed E-state index contributed by atoms with van der Waals surface area (Å²) in [6.07, 6.45) is 0. The SMILES string of the molecule is CCOC(=O)c1ccc(F)nc1C. The molecule has 0 aliphatic rings. The molecule has 0 fully saturated rings. The van der Waals surface area contributed by atoms with E-state index in [1.54, 1.807) is 13.8 Å². The van der Waals surface area contributed by atoms with Crippen LogP contribution in [0.25, 0.3) is 0 Å². The Morgan fingerprint density at radius 1 is 1.62 bits per heavy atom. The molecule has 0 aliphatic carbocycles. The number of pyridine rings is 1. The highest BCUT2D eigenvalue weighted by Crippen LogP contribution is 2.07. The maximum Gasteiger partial charge on any atom is 0.339 e. The number of esters is 1. The fourth-order valence-electron chi connectivity index (χ4n) is 0.955. The van der Waals surface area contributed by atoms with Gasteiger partial charge in [0, 0.05) is 0 Å². The van der Waals surface area contributed by atoms with Gasteiger partial charge < -0.3 is 4.74 Å². The minimum absolute atomic E-state index is 0.301. The second-order valence-corrected chi connectivity index (χ2v) is 2.49. The van der Waals surface area contributed by atoms with Crippen LogP contribution in [0.1, 0.15) is 23.0 Å². The Morgan fingerprint density at radius 3 is 2.85 bits per heavy atom. The van der Waals surface area contributed by atoms with Crippen molar-refractivity contribution in [1.29, 1.82) is 0 Å². The van der Waals surface area contributed by atoms with E-state index < -0.39 is 11.9 Å². The molecule has 0 aliphatic heterocycles. The van der Waals surface area contributed by atoms with Crippen molar-refractivity contribution in [2.45, 2.75) is 13.8 Å². The van der Waals surface area contributed by atoms with Crippen molar-refractivity contribution in [2.75, 3.05) is 6.61 Å². The van der Waals surface area contributed by atoms with Gasteiger partial charge in [0.25, 0.3) is 0 Å². The first-order chi connectivity index (χ1) is 6.15. The molecular weight excluding hydrogens is 173 g/mol. The van der Waals surface area contributed by atoms with Crippen molar-refractivity contribution in [2.24, 2.45) is 0 Å². The van der Waals surface area contributed by atoms with E-state index in [0.29, 0.717) is 17.9 Å². The second-order valence-electron chi connectivity index (χ2n) is 2.49. The number of hydrogen-bond acceptors (Lipinski definition) is 3. The third kappa shape index (κ3) is 2.24. The Labute approximate surface area is 75.6 Å². The van der Waals surface area contributed by atoms with E-state index in [4.69, 9.17) is 4.74 Å². The van der Waals surface area contributed by atoms with E-state index in [0.717, 1.165) is 6.07 Å². The van der Waals surface area contributed by atoms with Gasteiger partial charge in [-0.15, -0.1) is 0 Å². The van der Waals surface area contributed by atoms with Crippen molar-refractivity contribution in [3.63, 3.8) is 0 Å². The van der Waals surface area contributed by atoms with E-state index in [2.05, 4.69) is 4.98 Å². The number of aryl methyl sites for hydroxylation is 1. The van der Waals surface area contributed by atoms with Crippen LogP contribution in [0.15, 0.2) is 12.1 Å². The lowest BCUT2D eigenvalue weighted by Crippen LogP contribution is -2.08. The van der Waals surface area contributed by atoms with Crippen LogP contribution in [-0.2, 0) is 4.74 Å². The van der Waals surface area contributed by atoms with Gasteiger partial charge in [0.15, 0.2) is 0 Å². The summed E-state index contributed by atoms with van der Waals surface area (Å²) >= 11 is 0. The molecule has 0 aromatic carbocycles. The smallest absolute Gasteiger partial charge is 0.339 e. The third-order valence-electron chi connectivity index (χ3n) is 1.55. The first-order valence-corrected chi connectivity index (χ1v) is 3.95. The molecule has 13 heavy (non-hydrogen) atoms. The molecular formula is C9H10FNO2. The summed E-state index contributed by atoms with van der Waals surface area (Å²) in [5.74, 6) is -1.06. The van der Waals surface area contributed by atoms with Crippen LogP contribution in [0.4, 0.5) is 4.39 Å². The van der Waals surface area contributed by atoms with Crippen LogP contribution in [0.5, 0.6) is 0 Å². The minimum atomic E-state index is -0.592. The van der Waals surface area contributed by atoms with Crippen molar-refractivity contribution in [3.05, 3.63) is 29.3 Å². The molecule has 0 radical (unpaired) electrons. The molecule has 70 valence electrons. The van der Waals surface area contributed by atoms with Crippen molar-refractivity contribution in [3.8, 4) is 0 Å². The fraction of sp³-hybridized carbons (Fsp3) is 0.333. The molecule has 0 bridgehead atoms. The largest absolute Gasteiger partial charge is 0.462 e. The van der Waals surface area contributed by atoms with Gasteiger partial charge in [-0.2, -0.15) is 4.39 Å². The minimum Gasteiger partial charge on any atom is -0.462 e. The van der Waals surface area contributed by atoms with Gasteiger partial charge in [0.05, 0.1) is 17.9 Å². The first-order valence-electron chi connectivity index (χ1n) is 3.95. The van der Waals surface area contributed by atoms with Gasteiger partial charge in [-0.25, -0.2) is 9.78 Å². The van der Waals surface area contributed by atoms with E-state index in [-0.39, 0.29) is 0 Å². The van der Waals surface area contributed by atoms with E-state index in [1.807, 2.05) is 0 Å². The lowest BCUT2D eigenvalue weighted by molar-refractivity contribution is 0.0525. The Morgan fingerprint density at radius 2 is 2.31 bits per heavy atom. The number of aromatic nitrogens is 1. The number of rotatable bonds is 2. The Hall–Kier alpha value is -1.45. The Kier molecular flexibility index (Phi) is 2.95. The molecule has 0 unspecified atom stereocenters. The summed E-state index contributed by atoms with van der Waals surface area (Å²) in [6, 6.07) is 2.51. The molecule has 0 N–H and O–H groups in total. The number of carbonyl (C=O) groups excluding carboxylic acids is 1. The molecule has 0 atom stereocenters. The van der Waals surface area contributed by atoms with E-state index >= 15 is 0 Å². The summed E-state index contributed by atoms with van der Waals surface area (Å²) in [4.78, 5) is 14.7. The van der Waals surface area contributed by atoms with Crippen LogP contribution in [0.3, 0.4) is 0 Å². The van der Waals surface area contributed by atoms with Crippen LogP contribution in [0, 0.1) is 12.9 Å². The van der Waals surface area contributed by atoms with Gasteiger partial charge in [-0.3, -0.25) is 0 Å². The van der Waals surface area contributed by atoms with Crippen LogP contribution in [0.2, 0.25) is 0 Å². The van der Waals surface area contributed by atoms with Crippen molar-refractivity contribution >= 4 is 5.97 Å². The molecule has 4 heteroatoms. The highest BCUT2D eigenvalue weighted by molar-refractivity contribution is 5.90. The zero-order valence-corrected chi connectivity index (χ0v) is 7.50. The third-order valence-corrected chi connectivity index (χ3v) is 1.55. The topological polar surface area (TPSA) is 39.2 Å². The molecule has 1 rings (SSSR count). The summed E-state index contributed by atoms with van der Waals surface area (Å²) < 4.78 is 17.3. The van der Waals surface area contributed by atoms with Gasteiger partial charge in [-0.05, 0) is 26.0 Å². The lowest BCUT2D eigenvalue weighted by atomic mass is 10.2. The van der Waals surface area contributed by atoms with Crippen LogP contribution < -0.4 is 0 Å². The van der Waals surface area contributed by atoms with E-state index in [9.17, 15) is 9.18 Å². The summed E-state index contributed by atoms with van der Waals surface area (Å²) in [6.45, 7) is 3.58. The van der Waals surface area contributed by atoms with Gasteiger partial charge in [-0.1, -0.05) is 0 Å². The fourth-order valence-corrected chi connectivity index (χ4v) is 0.955. The first kappa shape index (κ1) is 9.64. The summed E-state index contributed by atoms with van der Waals surface area (Å²) in [5, 5.41) is 0. The quantitative estimate of drug-likeness (QED) is 0.517. The zero-order chi connectivity index (χ0) is 9.84. The summed E-state index contributed by atoms with van der Waals surface area (Å²) in [5.41, 5.74) is 0.654. The highest BCUT2D eigenvalue weighted by Gasteiger charge is 2.10. The molecule has 1 heterocycles. The highest BCUT2D eigenvalue weighted by atomic mass is 19.1. The van der Waals surface area contributed by atoms with Crippen molar-refractivity contribution in [1.82, 2.24) is 4.98 Å². The molecule has 1 aromatic rings. The number of nitrogens with zero attached hydrogens (tertiary/aromatic N) is 1. The maximum absolute atomic E-state index is 12.5. The molecule has 0 saturated carbocycles. The number of ether oxygens (including phenoxy) is 1. The lowest BCUT2D eigenvalue weighted by Gasteiger charge is -2.03. The number of hydrogen-bond donors (Lipinski definition) is 0. The number of halogens is 1. The van der Waals surface area contributed by atoms with Crippen LogP contribution >= 0.6 is 0 Å². The monoisotopic (exact) mass is 183 g/mol. The van der Waals surface area contributed by atoms with Crippen LogP contribution in [-0.4, -0.2) is 17.6 Å².